The third-order valence-electron chi connectivity index (χ3n) is 3.80. The van der Waals surface area contributed by atoms with Gasteiger partial charge in [-0.15, -0.1) is 0 Å². The first kappa shape index (κ1) is 17.1. The normalized spacial score (nSPS) is 13.2. The van der Waals surface area contributed by atoms with E-state index in [0.29, 0.717) is 5.69 Å². The van der Waals surface area contributed by atoms with Crippen LogP contribution in [0.5, 0.6) is 0 Å². The second-order valence-corrected chi connectivity index (χ2v) is 7.39. The van der Waals surface area contributed by atoms with Crippen LogP contribution in [0.4, 0.5) is 11.4 Å². The molecular weight excluding hydrogens is 344 g/mol. The maximum Gasteiger partial charge on any atom is 0.229 e. The number of hydrogen-bond acceptors (Lipinski definition) is 6. The molecule has 1 aliphatic carbocycles. The number of rotatable bonds is 5. The molecule has 0 aliphatic heterocycles. The molecular formula is C17H16N2O5S. The summed E-state index contributed by atoms with van der Waals surface area (Å²) >= 11 is 0. The SMILES string of the molecule is CS(=O)(=O)Nc1ccc(NCCO)c2c1C(=O)c1ccccc1C2=O. The van der Waals surface area contributed by atoms with Crippen molar-refractivity contribution in [2.24, 2.45) is 0 Å². The van der Waals surface area contributed by atoms with Crippen LogP contribution in [0, 0.1) is 0 Å². The van der Waals surface area contributed by atoms with Crippen LogP contribution in [0.3, 0.4) is 0 Å². The highest BCUT2D eigenvalue weighted by atomic mass is 32.2. The second-order valence-electron chi connectivity index (χ2n) is 5.64. The van der Waals surface area contributed by atoms with Gasteiger partial charge >= 0.3 is 0 Å². The maximum absolute atomic E-state index is 12.9. The van der Waals surface area contributed by atoms with Crippen LogP contribution in [-0.4, -0.2) is 44.5 Å². The Labute approximate surface area is 144 Å². The van der Waals surface area contributed by atoms with Crippen LogP contribution in [0.1, 0.15) is 31.8 Å². The molecule has 0 bridgehead atoms. The highest BCUT2D eigenvalue weighted by molar-refractivity contribution is 7.92. The minimum atomic E-state index is -3.63. The predicted molar refractivity (Wildman–Crippen MR) is 93.8 cm³/mol. The van der Waals surface area contributed by atoms with E-state index in [4.69, 9.17) is 5.11 Å². The first-order valence-corrected chi connectivity index (χ1v) is 9.40. The molecule has 0 saturated carbocycles. The van der Waals surface area contributed by atoms with Gasteiger partial charge in [0.2, 0.25) is 10.0 Å². The summed E-state index contributed by atoms with van der Waals surface area (Å²) in [7, 11) is -3.63. The van der Waals surface area contributed by atoms with Crippen molar-refractivity contribution in [2.75, 3.05) is 29.4 Å². The molecule has 130 valence electrons. The molecule has 8 heteroatoms. The van der Waals surface area contributed by atoms with Crippen molar-refractivity contribution < 1.29 is 23.1 Å². The fourth-order valence-electron chi connectivity index (χ4n) is 2.85. The zero-order valence-electron chi connectivity index (χ0n) is 13.4. The number of benzene rings is 2. The number of carbonyl (C=O) groups is 2. The van der Waals surface area contributed by atoms with Gasteiger partial charge < -0.3 is 10.4 Å². The zero-order valence-corrected chi connectivity index (χ0v) is 14.2. The Morgan fingerprint density at radius 3 is 1.96 bits per heavy atom. The van der Waals surface area contributed by atoms with E-state index < -0.39 is 15.8 Å². The Kier molecular flexibility index (Phi) is 4.32. The van der Waals surface area contributed by atoms with Crippen LogP contribution in [0.2, 0.25) is 0 Å². The van der Waals surface area contributed by atoms with Crippen LogP contribution in [0.25, 0.3) is 0 Å². The smallest absolute Gasteiger partial charge is 0.229 e. The molecule has 3 N–H and O–H groups in total. The van der Waals surface area contributed by atoms with Crippen molar-refractivity contribution in [2.45, 2.75) is 0 Å². The average Bonchev–Trinajstić information content (AvgIpc) is 2.57. The van der Waals surface area contributed by atoms with Crippen LogP contribution >= 0.6 is 0 Å². The highest BCUT2D eigenvalue weighted by Crippen LogP contribution is 2.36. The van der Waals surface area contributed by atoms with E-state index >= 15 is 0 Å². The minimum absolute atomic E-state index is 0.0112. The average molecular weight is 360 g/mol. The van der Waals surface area contributed by atoms with E-state index in [0.717, 1.165) is 6.26 Å². The van der Waals surface area contributed by atoms with Gasteiger partial charge in [0.05, 0.1) is 29.7 Å². The summed E-state index contributed by atoms with van der Waals surface area (Å²) in [6.45, 7) is 0.0330. The number of anilines is 2. The number of ketones is 2. The van der Waals surface area contributed by atoms with Gasteiger partial charge in [0.15, 0.2) is 11.6 Å². The molecule has 0 heterocycles. The lowest BCUT2D eigenvalue weighted by Crippen LogP contribution is -2.25. The lowest BCUT2D eigenvalue weighted by Gasteiger charge is -2.23. The fraction of sp³-hybridized carbons (Fsp3) is 0.176. The van der Waals surface area contributed by atoms with Crippen LogP contribution in [0.15, 0.2) is 36.4 Å². The summed E-state index contributed by atoms with van der Waals surface area (Å²) < 4.78 is 25.5. The number of nitrogens with one attached hydrogen (secondary N) is 2. The topological polar surface area (TPSA) is 113 Å². The van der Waals surface area contributed by atoms with Crippen LogP contribution in [-0.2, 0) is 10.0 Å². The first-order chi connectivity index (χ1) is 11.8. The molecule has 3 rings (SSSR count). The number of sulfonamides is 1. The molecule has 0 fully saturated rings. The van der Waals surface area contributed by atoms with Gasteiger partial charge in [-0.2, -0.15) is 0 Å². The Balaban J connectivity index is 2.26. The number of fused-ring (bicyclic) bond motifs is 2. The van der Waals surface area contributed by atoms with E-state index in [1.54, 1.807) is 18.2 Å². The third-order valence-corrected chi connectivity index (χ3v) is 4.39. The maximum atomic E-state index is 12.9. The van der Waals surface area contributed by atoms with E-state index in [2.05, 4.69) is 10.0 Å². The van der Waals surface area contributed by atoms with E-state index in [-0.39, 0.29) is 46.9 Å². The molecule has 2 aromatic rings. The molecule has 25 heavy (non-hydrogen) atoms. The zero-order chi connectivity index (χ0) is 18.2. The quantitative estimate of drug-likeness (QED) is 0.631. The number of aliphatic hydroxyl groups is 1. The minimum Gasteiger partial charge on any atom is -0.395 e. The van der Waals surface area contributed by atoms with Gasteiger partial charge in [-0.05, 0) is 12.1 Å². The monoisotopic (exact) mass is 360 g/mol. The van der Waals surface area contributed by atoms with Crippen LogP contribution < -0.4 is 10.0 Å². The molecule has 0 spiro atoms. The van der Waals surface area contributed by atoms with E-state index in [9.17, 15) is 18.0 Å². The summed E-state index contributed by atoms with van der Waals surface area (Å²) in [6.07, 6.45) is 0.973. The molecule has 0 aromatic heterocycles. The summed E-state index contributed by atoms with van der Waals surface area (Å²) in [5.74, 6) is -0.799. The molecule has 0 unspecified atom stereocenters. The van der Waals surface area contributed by atoms with Crippen molar-refractivity contribution in [3.05, 3.63) is 58.7 Å². The largest absolute Gasteiger partial charge is 0.395 e. The Morgan fingerprint density at radius 2 is 1.44 bits per heavy atom. The molecule has 2 aromatic carbocycles. The molecule has 1 aliphatic rings. The van der Waals surface area contributed by atoms with Gasteiger partial charge in [0.25, 0.3) is 0 Å². The van der Waals surface area contributed by atoms with Gasteiger partial charge in [-0.25, -0.2) is 8.42 Å². The predicted octanol–water partition coefficient (Wildman–Crippen LogP) is 1.24. The summed E-state index contributed by atoms with van der Waals surface area (Å²) in [4.78, 5) is 25.8. The number of hydrogen-bond donors (Lipinski definition) is 3. The molecule has 0 radical (unpaired) electrons. The van der Waals surface area contributed by atoms with Crippen molar-refractivity contribution >= 4 is 33.0 Å². The third kappa shape index (κ3) is 3.13. The summed E-state index contributed by atoms with van der Waals surface area (Å²) in [5.41, 5.74) is 1.04. The lowest BCUT2D eigenvalue weighted by atomic mass is 9.82. The number of carbonyl (C=O) groups excluding carboxylic acids is 2. The summed E-state index contributed by atoms with van der Waals surface area (Å²) in [5, 5.41) is 11.9. The van der Waals surface area contributed by atoms with E-state index in [1.165, 1.54) is 18.2 Å². The molecule has 0 amide bonds. The Morgan fingerprint density at radius 1 is 0.920 bits per heavy atom. The Hall–Kier alpha value is -2.71. The standard InChI is InChI=1S/C17H16N2O5S/c1-25(23,24)19-13-7-6-12(18-8-9-20)14-15(13)17(22)11-5-3-2-4-10(11)16(14)21/h2-7,18-20H,8-9H2,1H3. The number of aliphatic hydroxyl groups excluding tert-OH is 1. The lowest BCUT2D eigenvalue weighted by molar-refractivity contribution is 0.0980. The highest BCUT2D eigenvalue weighted by Gasteiger charge is 2.34. The molecule has 0 saturated heterocycles. The first-order valence-electron chi connectivity index (χ1n) is 7.51. The van der Waals surface area contributed by atoms with E-state index in [1.807, 2.05) is 0 Å². The molecule has 0 atom stereocenters. The fourth-order valence-corrected chi connectivity index (χ4v) is 3.42. The van der Waals surface area contributed by atoms with Crippen molar-refractivity contribution in [1.29, 1.82) is 0 Å². The van der Waals surface area contributed by atoms with Gasteiger partial charge in [0, 0.05) is 23.4 Å². The van der Waals surface area contributed by atoms with Crippen molar-refractivity contribution in [1.82, 2.24) is 0 Å². The Bertz CT molecular complexity index is 983. The second kappa shape index (κ2) is 6.30. The molecule has 7 nitrogen and oxygen atoms in total. The van der Waals surface area contributed by atoms with Gasteiger partial charge in [0.1, 0.15) is 0 Å². The van der Waals surface area contributed by atoms with Crippen molar-refractivity contribution in [3.8, 4) is 0 Å². The van der Waals surface area contributed by atoms with Gasteiger partial charge in [-0.3, -0.25) is 14.3 Å². The van der Waals surface area contributed by atoms with Gasteiger partial charge in [-0.1, -0.05) is 24.3 Å². The van der Waals surface area contributed by atoms with Crippen molar-refractivity contribution in [3.63, 3.8) is 0 Å². The summed E-state index contributed by atoms with van der Waals surface area (Å²) in [6, 6.07) is 9.35.